The zero-order valence-electron chi connectivity index (χ0n) is 11.7. The van der Waals surface area contributed by atoms with Crippen LogP contribution in [0.15, 0.2) is 30.6 Å². The second-order valence-electron chi connectivity index (χ2n) is 4.23. The number of fused-ring (bicyclic) bond motifs is 1. The van der Waals surface area contributed by atoms with Crippen LogP contribution in [0.1, 0.15) is 0 Å². The molecule has 0 radical (unpaired) electrons. The lowest BCUT2D eigenvalue weighted by Gasteiger charge is -2.10. The lowest BCUT2D eigenvalue weighted by Crippen LogP contribution is -2.17. The summed E-state index contributed by atoms with van der Waals surface area (Å²) < 4.78 is 40.1. The maximum absolute atomic E-state index is 12.1. The smallest absolute Gasteiger partial charge is 0.406 e. The molecule has 0 spiro atoms. The molecule has 0 amide bonds. The highest BCUT2D eigenvalue weighted by atomic mass is 35.5. The van der Waals surface area contributed by atoms with Crippen molar-refractivity contribution in [2.24, 2.45) is 0 Å². The Morgan fingerprint density at radius 3 is 2.38 bits per heavy atom. The first kappa shape index (κ1) is 19.6. The Morgan fingerprint density at radius 2 is 1.75 bits per heavy atom. The highest BCUT2D eigenvalue weighted by molar-refractivity contribution is 5.86. The molecule has 12 heteroatoms. The van der Waals surface area contributed by atoms with Gasteiger partial charge in [-0.3, -0.25) is 0 Å². The summed E-state index contributed by atoms with van der Waals surface area (Å²) in [6.07, 6.45) is -3.29. The highest BCUT2D eigenvalue weighted by Gasteiger charge is 2.30. The molecule has 4 N–H and O–H groups in total. The van der Waals surface area contributed by atoms with Crippen molar-refractivity contribution < 1.29 is 17.9 Å². The van der Waals surface area contributed by atoms with E-state index < -0.39 is 6.36 Å². The van der Waals surface area contributed by atoms with E-state index in [9.17, 15) is 13.2 Å². The molecule has 3 rings (SSSR count). The third-order valence-electron chi connectivity index (χ3n) is 2.65. The number of nitrogens with zero attached hydrogens (tertiary/aromatic N) is 3. The number of hydrogen-bond donors (Lipinski definition) is 3. The van der Waals surface area contributed by atoms with Crippen molar-refractivity contribution in [3.63, 3.8) is 0 Å². The van der Waals surface area contributed by atoms with Crippen LogP contribution in [-0.4, -0.2) is 26.3 Å². The lowest BCUT2D eigenvalue weighted by atomic mass is 10.3. The van der Waals surface area contributed by atoms with Gasteiger partial charge in [-0.05, 0) is 24.3 Å². The fraction of sp³-hybridized carbons (Fsp3) is 0.0833. The number of aromatic amines is 1. The van der Waals surface area contributed by atoms with Gasteiger partial charge in [0.25, 0.3) is 0 Å². The summed E-state index contributed by atoms with van der Waals surface area (Å²) in [6, 6.07) is 5.21. The molecular formula is C12H11Cl2F3N6O. The minimum atomic E-state index is -4.72. The molecule has 7 nitrogen and oxygen atoms in total. The molecule has 0 atom stereocenters. The molecule has 1 aromatic carbocycles. The number of halogens is 5. The molecule has 0 aliphatic heterocycles. The summed E-state index contributed by atoms with van der Waals surface area (Å²) in [5.41, 5.74) is 6.99. The first-order chi connectivity index (χ1) is 10.4. The van der Waals surface area contributed by atoms with Crippen LogP contribution < -0.4 is 15.8 Å². The van der Waals surface area contributed by atoms with E-state index in [-0.39, 0.29) is 36.5 Å². The van der Waals surface area contributed by atoms with Crippen LogP contribution in [0.5, 0.6) is 5.75 Å². The number of rotatable bonds is 3. The van der Waals surface area contributed by atoms with E-state index in [4.69, 9.17) is 5.73 Å². The molecule has 24 heavy (non-hydrogen) atoms. The summed E-state index contributed by atoms with van der Waals surface area (Å²) in [7, 11) is 0. The van der Waals surface area contributed by atoms with Gasteiger partial charge in [0.1, 0.15) is 11.3 Å². The third kappa shape index (κ3) is 4.52. The largest absolute Gasteiger partial charge is 0.573 e. The number of hydrogen-bond acceptors (Lipinski definition) is 6. The second-order valence-corrected chi connectivity index (χ2v) is 4.23. The van der Waals surface area contributed by atoms with Crippen molar-refractivity contribution in [2.75, 3.05) is 11.1 Å². The average Bonchev–Trinajstić information content (AvgIpc) is 2.87. The SMILES string of the molecule is Cl.Cl.Nc1nc(Nc2ccc(OC(F)(F)F)cc2)c2[nH]cnc2n1. The summed E-state index contributed by atoms with van der Waals surface area (Å²) in [4.78, 5) is 14.8. The van der Waals surface area contributed by atoms with Gasteiger partial charge >= 0.3 is 6.36 Å². The quantitative estimate of drug-likeness (QED) is 0.641. The van der Waals surface area contributed by atoms with E-state index in [1.54, 1.807) is 0 Å². The number of aromatic nitrogens is 4. The van der Waals surface area contributed by atoms with Crippen molar-refractivity contribution in [3.05, 3.63) is 30.6 Å². The van der Waals surface area contributed by atoms with Gasteiger partial charge in [0.15, 0.2) is 11.5 Å². The van der Waals surface area contributed by atoms with E-state index >= 15 is 0 Å². The Balaban J connectivity index is 0.00000144. The predicted molar refractivity (Wildman–Crippen MR) is 87.0 cm³/mol. The normalized spacial score (nSPS) is 10.6. The molecule has 2 aromatic heterocycles. The lowest BCUT2D eigenvalue weighted by molar-refractivity contribution is -0.274. The van der Waals surface area contributed by atoms with Gasteiger partial charge in [-0.25, -0.2) is 4.98 Å². The van der Waals surface area contributed by atoms with Crippen LogP contribution in [0.2, 0.25) is 0 Å². The van der Waals surface area contributed by atoms with E-state index in [2.05, 4.69) is 30.0 Å². The van der Waals surface area contributed by atoms with Crippen LogP contribution in [0.25, 0.3) is 11.2 Å². The van der Waals surface area contributed by atoms with Crippen molar-refractivity contribution in [2.45, 2.75) is 6.36 Å². The molecule has 0 aliphatic rings. The van der Waals surface area contributed by atoms with Gasteiger partial charge in [-0.2, -0.15) is 9.97 Å². The maximum atomic E-state index is 12.1. The first-order valence-corrected chi connectivity index (χ1v) is 6.00. The molecule has 130 valence electrons. The van der Waals surface area contributed by atoms with Gasteiger partial charge in [-0.1, -0.05) is 0 Å². The van der Waals surface area contributed by atoms with Crippen molar-refractivity contribution >= 4 is 53.4 Å². The number of nitrogens with two attached hydrogens (primary N) is 1. The van der Waals surface area contributed by atoms with Gasteiger partial charge in [0.2, 0.25) is 5.95 Å². The highest BCUT2D eigenvalue weighted by Crippen LogP contribution is 2.26. The Labute approximate surface area is 145 Å². The first-order valence-electron chi connectivity index (χ1n) is 6.00. The van der Waals surface area contributed by atoms with Crippen molar-refractivity contribution in [1.82, 2.24) is 19.9 Å². The van der Waals surface area contributed by atoms with Gasteiger partial charge in [-0.15, -0.1) is 38.0 Å². The zero-order chi connectivity index (χ0) is 15.7. The average molecular weight is 383 g/mol. The number of anilines is 3. The van der Waals surface area contributed by atoms with E-state index in [1.807, 2.05) is 0 Å². The monoisotopic (exact) mass is 382 g/mol. The molecule has 0 aliphatic carbocycles. The van der Waals surface area contributed by atoms with Crippen molar-refractivity contribution in [1.29, 1.82) is 0 Å². The van der Waals surface area contributed by atoms with E-state index in [0.29, 0.717) is 22.7 Å². The third-order valence-corrected chi connectivity index (χ3v) is 2.65. The van der Waals surface area contributed by atoms with E-state index in [0.717, 1.165) is 0 Å². The van der Waals surface area contributed by atoms with Crippen LogP contribution >= 0.6 is 24.8 Å². The molecule has 0 saturated heterocycles. The summed E-state index contributed by atoms with van der Waals surface area (Å²) in [5.74, 6) is 0.0792. The molecule has 2 heterocycles. The summed E-state index contributed by atoms with van der Waals surface area (Å²) in [6.45, 7) is 0. The van der Waals surface area contributed by atoms with Crippen LogP contribution in [0.3, 0.4) is 0 Å². The van der Waals surface area contributed by atoms with Gasteiger partial charge in [0, 0.05) is 5.69 Å². The molecular weight excluding hydrogens is 372 g/mol. The number of alkyl halides is 3. The van der Waals surface area contributed by atoms with Gasteiger partial charge in [0.05, 0.1) is 6.33 Å². The molecule has 0 unspecified atom stereocenters. The number of benzene rings is 1. The molecule has 3 aromatic rings. The minimum absolute atomic E-state index is 0. The predicted octanol–water partition coefficient (Wildman–Crippen LogP) is 3.42. The Morgan fingerprint density at radius 1 is 1.08 bits per heavy atom. The fourth-order valence-electron chi connectivity index (χ4n) is 1.82. The number of H-pyrrole nitrogens is 1. The zero-order valence-corrected chi connectivity index (χ0v) is 13.3. The Kier molecular flexibility index (Phi) is 6.04. The minimum Gasteiger partial charge on any atom is -0.406 e. The summed E-state index contributed by atoms with van der Waals surface area (Å²) in [5, 5.41) is 2.92. The fourth-order valence-corrected chi connectivity index (χ4v) is 1.82. The van der Waals surface area contributed by atoms with Crippen LogP contribution in [0, 0.1) is 0 Å². The number of ether oxygens (including phenoxy) is 1. The number of imidazole rings is 1. The standard InChI is InChI=1S/C12H9F3N6O.2ClH/c13-12(14,15)22-7-3-1-6(2-4-7)19-10-8-9(18-5-17-8)20-11(16)21-10;;/h1-5H,(H4,16,17,18,19,20,21);2*1H. The second kappa shape index (κ2) is 7.41. The molecule has 0 fully saturated rings. The number of nitrogens with one attached hydrogen (secondary N) is 2. The van der Waals surface area contributed by atoms with Crippen molar-refractivity contribution in [3.8, 4) is 5.75 Å². The molecule has 0 bridgehead atoms. The molecule has 0 saturated carbocycles. The van der Waals surface area contributed by atoms with E-state index in [1.165, 1.54) is 30.6 Å². The van der Waals surface area contributed by atoms with Gasteiger partial charge < -0.3 is 20.8 Å². The Bertz CT molecular complexity index is 809. The number of nitrogen functional groups attached to an aromatic ring is 1. The maximum Gasteiger partial charge on any atom is 0.573 e. The van der Waals surface area contributed by atoms with Crippen LogP contribution in [0.4, 0.5) is 30.6 Å². The topological polar surface area (TPSA) is 102 Å². The summed E-state index contributed by atoms with van der Waals surface area (Å²) >= 11 is 0. The Hall–Kier alpha value is -2.46. The van der Waals surface area contributed by atoms with Crippen LogP contribution in [-0.2, 0) is 0 Å².